The van der Waals surface area contributed by atoms with Gasteiger partial charge in [-0.1, -0.05) is 6.07 Å². The highest BCUT2D eigenvalue weighted by molar-refractivity contribution is 7.84. The molecule has 0 amide bonds. The summed E-state index contributed by atoms with van der Waals surface area (Å²) in [5.41, 5.74) is 0. The van der Waals surface area contributed by atoms with Crippen LogP contribution in [0.4, 0.5) is 0 Å². The quantitative estimate of drug-likeness (QED) is 0.911. The van der Waals surface area contributed by atoms with E-state index in [-0.39, 0.29) is 10.9 Å². The molecule has 0 aliphatic carbocycles. The molecule has 2 aromatic heterocycles. The standard InChI is InChI=1S/C10H8O4S2/c11-10(12)8-3-4-9(14-8)16(13)6-7-2-1-5-15-7/h1-5H,6H2,(H,11,12). The second kappa shape index (κ2) is 4.63. The van der Waals surface area contributed by atoms with Crippen LogP contribution in [0.15, 0.2) is 39.2 Å². The largest absolute Gasteiger partial charge is 0.475 e. The van der Waals surface area contributed by atoms with Crippen LogP contribution in [0.1, 0.15) is 15.4 Å². The summed E-state index contributed by atoms with van der Waals surface area (Å²) in [4.78, 5) is 11.5. The van der Waals surface area contributed by atoms with Gasteiger partial charge in [-0.25, -0.2) is 4.79 Å². The summed E-state index contributed by atoms with van der Waals surface area (Å²) in [5, 5.41) is 10.7. The van der Waals surface area contributed by atoms with E-state index in [1.54, 1.807) is 0 Å². The molecule has 16 heavy (non-hydrogen) atoms. The van der Waals surface area contributed by atoms with Crippen molar-refractivity contribution in [3.63, 3.8) is 0 Å². The lowest BCUT2D eigenvalue weighted by Crippen LogP contribution is -1.94. The zero-order chi connectivity index (χ0) is 11.5. The minimum Gasteiger partial charge on any atom is -0.475 e. The maximum Gasteiger partial charge on any atom is 0.371 e. The zero-order valence-electron chi connectivity index (χ0n) is 8.08. The maximum atomic E-state index is 11.8. The Morgan fingerprint density at radius 2 is 2.25 bits per heavy atom. The van der Waals surface area contributed by atoms with Gasteiger partial charge in [0.25, 0.3) is 0 Å². The predicted molar refractivity (Wildman–Crippen MR) is 60.1 cm³/mol. The lowest BCUT2D eigenvalue weighted by atomic mass is 10.5. The number of thiophene rings is 1. The smallest absolute Gasteiger partial charge is 0.371 e. The normalized spacial score (nSPS) is 12.5. The first kappa shape index (κ1) is 11.1. The number of carboxylic acid groups (broad SMARTS) is 1. The van der Waals surface area contributed by atoms with E-state index in [9.17, 15) is 9.00 Å². The Kier molecular flexibility index (Phi) is 3.21. The molecule has 0 spiro atoms. The summed E-state index contributed by atoms with van der Waals surface area (Å²) in [5.74, 6) is -0.988. The van der Waals surface area contributed by atoms with E-state index >= 15 is 0 Å². The SMILES string of the molecule is O=C(O)c1ccc(S(=O)Cc2cccs2)o1. The minimum atomic E-state index is -1.33. The summed E-state index contributed by atoms with van der Waals surface area (Å²) in [7, 11) is -1.33. The van der Waals surface area contributed by atoms with Gasteiger partial charge >= 0.3 is 5.97 Å². The van der Waals surface area contributed by atoms with Gasteiger partial charge < -0.3 is 9.52 Å². The molecule has 0 aliphatic rings. The van der Waals surface area contributed by atoms with E-state index in [1.807, 2.05) is 17.5 Å². The molecule has 0 fully saturated rings. The topological polar surface area (TPSA) is 67.5 Å². The molecule has 6 heteroatoms. The van der Waals surface area contributed by atoms with Gasteiger partial charge in [0.1, 0.15) is 0 Å². The third-order valence-electron chi connectivity index (χ3n) is 1.87. The Morgan fingerprint density at radius 1 is 1.44 bits per heavy atom. The Balaban J connectivity index is 2.12. The molecule has 0 aliphatic heterocycles. The Morgan fingerprint density at radius 3 is 2.81 bits per heavy atom. The molecule has 2 rings (SSSR count). The fourth-order valence-electron chi connectivity index (χ4n) is 1.15. The first-order valence-electron chi connectivity index (χ1n) is 4.40. The second-order valence-corrected chi connectivity index (χ2v) is 5.41. The summed E-state index contributed by atoms with van der Waals surface area (Å²) in [6.45, 7) is 0. The van der Waals surface area contributed by atoms with Crippen LogP contribution in [-0.4, -0.2) is 15.3 Å². The van der Waals surface area contributed by atoms with Crippen LogP contribution in [0.25, 0.3) is 0 Å². The molecule has 4 nitrogen and oxygen atoms in total. The van der Waals surface area contributed by atoms with Gasteiger partial charge in [-0.15, -0.1) is 11.3 Å². The van der Waals surface area contributed by atoms with E-state index in [1.165, 1.54) is 23.5 Å². The predicted octanol–water partition coefficient (Wildman–Crippen LogP) is 2.35. The average Bonchev–Trinajstić information content (AvgIpc) is 2.86. The Labute approximate surface area is 98.0 Å². The van der Waals surface area contributed by atoms with Crippen molar-refractivity contribution in [1.82, 2.24) is 0 Å². The molecule has 2 aromatic rings. The molecule has 0 bridgehead atoms. The van der Waals surface area contributed by atoms with E-state index < -0.39 is 16.8 Å². The summed E-state index contributed by atoms with van der Waals surface area (Å²) in [6, 6.07) is 6.50. The van der Waals surface area contributed by atoms with Gasteiger partial charge in [-0.2, -0.15) is 0 Å². The maximum absolute atomic E-state index is 11.8. The minimum absolute atomic E-state index is 0.186. The van der Waals surface area contributed by atoms with Crippen molar-refractivity contribution >= 4 is 28.1 Å². The molecule has 0 saturated heterocycles. The molecule has 1 unspecified atom stereocenters. The van der Waals surface area contributed by atoms with Crippen LogP contribution in [0.5, 0.6) is 0 Å². The summed E-state index contributed by atoms with van der Waals surface area (Å²) in [6.07, 6.45) is 0. The second-order valence-electron chi connectivity index (χ2n) is 2.99. The lowest BCUT2D eigenvalue weighted by Gasteiger charge is -1.95. The number of hydrogen-bond acceptors (Lipinski definition) is 4. The van der Waals surface area contributed by atoms with Crippen molar-refractivity contribution in [2.45, 2.75) is 10.8 Å². The van der Waals surface area contributed by atoms with Crippen molar-refractivity contribution in [3.8, 4) is 0 Å². The number of carbonyl (C=O) groups is 1. The van der Waals surface area contributed by atoms with Gasteiger partial charge in [0, 0.05) is 4.88 Å². The molecule has 1 atom stereocenters. The third kappa shape index (κ3) is 2.40. The average molecular weight is 256 g/mol. The molecule has 0 radical (unpaired) electrons. The van der Waals surface area contributed by atoms with Crippen molar-refractivity contribution in [3.05, 3.63) is 40.3 Å². The highest BCUT2D eigenvalue weighted by atomic mass is 32.2. The molecule has 1 N–H and O–H groups in total. The van der Waals surface area contributed by atoms with E-state index in [0.29, 0.717) is 5.75 Å². The number of rotatable bonds is 4. The molecular weight excluding hydrogens is 248 g/mol. The number of carboxylic acids is 1. The number of hydrogen-bond donors (Lipinski definition) is 1. The van der Waals surface area contributed by atoms with Crippen LogP contribution >= 0.6 is 11.3 Å². The fraction of sp³-hybridized carbons (Fsp3) is 0.100. The van der Waals surface area contributed by atoms with Crippen LogP contribution in [0.3, 0.4) is 0 Å². The van der Waals surface area contributed by atoms with Gasteiger partial charge in [0.05, 0.1) is 16.6 Å². The van der Waals surface area contributed by atoms with E-state index in [0.717, 1.165) is 4.88 Å². The Bertz CT molecular complexity index is 513. The van der Waals surface area contributed by atoms with E-state index in [2.05, 4.69) is 0 Å². The van der Waals surface area contributed by atoms with Gasteiger partial charge in [0.15, 0.2) is 5.09 Å². The summed E-state index contributed by atoms with van der Waals surface area (Å²) >= 11 is 1.51. The van der Waals surface area contributed by atoms with Crippen LogP contribution in [0, 0.1) is 0 Å². The molecular formula is C10H8O4S2. The Hall–Kier alpha value is -1.40. The zero-order valence-corrected chi connectivity index (χ0v) is 9.72. The van der Waals surface area contributed by atoms with Crippen molar-refractivity contribution in [1.29, 1.82) is 0 Å². The van der Waals surface area contributed by atoms with Crippen molar-refractivity contribution in [2.75, 3.05) is 0 Å². The molecule has 0 aromatic carbocycles. The first-order valence-corrected chi connectivity index (χ1v) is 6.60. The number of furan rings is 1. The lowest BCUT2D eigenvalue weighted by molar-refractivity contribution is 0.0656. The van der Waals surface area contributed by atoms with Gasteiger partial charge in [0.2, 0.25) is 5.76 Å². The molecule has 0 saturated carbocycles. The highest BCUT2D eigenvalue weighted by Gasteiger charge is 2.14. The highest BCUT2D eigenvalue weighted by Crippen LogP contribution is 2.18. The first-order chi connectivity index (χ1) is 7.66. The van der Waals surface area contributed by atoms with Crippen molar-refractivity contribution in [2.24, 2.45) is 0 Å². The van der Waals surface area contributed by atoms with Crippen LogP contribution in [-0.2, 0) is 16.6 Å². The van der Waals surface area contributed by atoms with E-state index in [4.69, 9.17) is 9.52 Å². The van der Waals surface area contributed by atoms with Gasteiger partial charge in [-0.3, -0.25) is 4.21 Å². The molecule has 84 valence electrons. The fourth-order valence-corrected chi connectivity index (χ4v) is 3.13. The van der Waals surface area contributed by atoms with Crippen LogP contribution < -0.4 is 0 Å². The van der Waals surface area contributed by atoms with Gasteiger partial charge in [-0.05, 0) is 23.6 Å². The molecule has 2 heterocycles. The summed E-state index contributed by atoms with van der Waals surface area (Å²) < 4.78 is 16.7. The monoisotopic (exact) mass is 256 g/mol. The van der Waals surface area contributed by atoms with Crippen LogP contribution in [0.2, 0.25) is 0 Å². The third-order valence-corrected chi connectivity index (χ3v) is 4.17. The number of aromatic carboxylic acids is 1. The van der Waals surface area contributed by atoms with Crippen molar-refractivity contribution < 1.29 is 18.5 Å².